The van der Waals surface area contributed by atoms with Crippen LogP contribution in [-0.4, -0.2) is 32.2 Å². The molecule has 1 heterocycles. The number of carbonyl (C=O) groups excluding carboxylic acids is 2. The van der Waals surface area contributed by atoms with E-state index in [1.807, 2.05) is 13.8 Å². The topological polar surface area (TPSA) is 89.3 Å². The van der Waals surface area contributed by atoms with Crippen molar-refractivity contribution in [2.24, 2.45) is 7.05 Å². The number of ketones is 2. The van der Waals surface area contributed by atoms with Crippen molar-refractivity contribution >= 4 is 17.5 Å². The third-order valence-electron chi connectivity index (χ3n) is 1.63. The van der Waals surface area contributed by atoms with Gasteiger partial charge in [0.15, 0.2) is 5.82 Å². The van der Waals surface area contributed by atoms with Gasteiger partial charge in [-0.05, 0) is 0 Å². The highest BCUT2D eigenvalue weighted by atomic mass is 16.4. The molecule has 0 fully saturated rings. The number of imidazole rings is 1. The Morgan fingerprint density at radius 2 is 1.94 bits per heavy atom. The molecule has 1 aromatic rings. The molecule has 6 heteroatoms. The zero-order valence-electron chi connectivity index (χ0n) is 9.43. The molecule has 0 saturated carbocycles. The molecule has 1 aromatic heterocycles. The van der Waals surface area contributed by atoms with Gasteiger partial charge in [0, 0.05) is 19.4 Å². The normalized spacial score (nSPS) is 8.94. The molecule has 1 N–H and O–H groups in total. The number of Topliss-reactive ketones (excluding diaryl/α,β-unsaturated/α-hetero) is 2. The summed E-state index contributed by atoms with van der Waals surface area (Å²) < 4.78 is 1.43. The number of aliphatic carboxylic acids is 1. The average Bonchev–Trinajstić information content (AvgIpc) is 2.67. The number of carbonyl (C=O) groups is 3. The lowest BCUT2D eigenvalue weighted by atomic mass is 10.2. The molecule has 0 aliphatic rings. The maximum absolute atomic E-state index is 11.3. The van der Waals surface area contributed by atoms with Crippen molar-refractivity contribution in [1.29, 1.82) is 0 Å². The van der Waals surface area contributed by atoms with Crippen LogP contribution in [0.25, 0.3) is 0 Å². The van der Waals surface area contributed by atoms with Crippen molar-refractivity contribution < 1.29 is 19.5 Å². The van der Waals surface area contributed by atoms with Crippen LogP contribution in [0.2, 0.25) is 0 Å². The van der Waals surface area contributed by atoms with Crippen LogP contribution in [0.5, 0.6) is 0 Å². The average molecular weight is 226 g/mol. The second kappa shape index (κ2) is 6.49. The van der Waals surface area contributed by atoms with E-state index in [1.54, 1.807) is 13.2 Å². The predicted octanol–water partition coefficient (Wildman–Crippen LogP) is 0.673. The van der Waals surface area contributed by atoms with Crippen LogP contribution in [0.1, 0.15) is 30.9 Å². The van der Waals surface area contributed by atoms with E-state index < -0.39 is 24.0 Å². The number of carboxylic acid groups (broad SMARTS) is 1. The number of carboxylic acids is 1. The van der Waals surface area contributed by atoms with E-state index in [2.05, 4.69) is 4.98 Å². The maximum atomic E-state index is 11.3. The maximum Gasteiger partial charge on any atom is 0.372 e. The number of hydrogen-bond donors (Lipinski definition) is 1. The number of nitrogens with zero attached hydrogens (tertiary/aromatic N) is 2. The van der Waals surface area contributed by atoms with Crippen molar-refractivity contribution in [3.05, 3.63) is 18.2 Å². The van der Waals surface area contributed by atoms with Crippen LogP contribution in [0.4, 0.5) is 0 Å². The Kier molecular flexibility index (Phi) is 5.69. The third-order valence-corrected chi connectivity index (χ3v) is 1.63. The number of aryl methyl sites for hydroxylation is 1. The summed E-state index contributed by atoms with van der Waals surface area (Å²) in [7, 11) is 1.59. The molecule has 0 bridgehead atoms. The number of rotatable bonds is 4. The van der Waals surface area contributed by atoms with Gasteiger partial charge in [-0.2, -0.15) is 0 Å². The first-order valence-corrected chi connectivity index (χ1v) is 4.79. The Morgan fingerprint density at radius 3 is 2.31 bits per heavy atom. The Hall–Kier alpha value is -1.98. The molecule has 0 unspecified atom stereocenters. The minimum absolute atomic E-state index is 0.0830. The summed E-state index contributed by atoms with van der Waals surface area (Å²) >= 11 is 0. The fraction of sp³-hybridized carbons (Fsp3) is 0.400. The van der Waals surface area contributed by atoms with E-state index in [0.29, 0.717) is 0 Å². The van der Waals surface area contributed by atoms with Crippen molar-refractivity contribution in [2.45, 2.75) is 20.3 Å². The van der Waals surface area contributed by atoms with E-state index in [9.17, 15) is 14.4 Å². The van der Waals surface area contributed by atoms with Crippen LogP contribution in [-0.2, 0) is 16.6 Å². The lowest BCUT2D eigenvalue weighted by molar-refractivity contribution is -0.148. The van der Waals surface area contributed by atoms with Crippen molar-refractivity contribution in [1.82, 2.24) is 9.55 Å². The molecule has 0 atom stereocenters. The van der Waals surface area contributed by atoms with Gasteiger partial charge >= 0.3 is 5.97 Å². The molecular weight excluding hydrogens is 212 g/mol. The summed E-state index contributed by atoms with van der Waals surface area (Å²) in [5.41, 5.74) is 0. The highest BCUT2D eigenvalue weighted by Crippen LogP contribution is 2.00. The first-order chi connectivity index (χ1) is 7.52. The quantitative estimate of drug-likeness (QED) is 0.463. The fourth-order valence-electron chi connectivity index (χ4n) is 0.935. The first-order valence-electron chi connectivity index (χ1n) is 4.79. The standard InChI is InChI=1S/C8H8N2O4.C2H6/c1-10-3-2-9-7(10)5(11)4-6(12)8(13)14;1-2/h2-3H,4H2,1H3,(H,13,14);1-2H3. The van der Waals surface area contributed by atoms with E-state index in [0.717, 1.165) is 0 Å². The van der Waals surface area contributed by atoms with Crippen LogP contribution in [0, 0.1) is 0 Å². The highest BCUT2D eigenvalue weighted by molar-refractivity contribution is 6.37. The van der Waals surface area contributed by atoms with Gasteiger partial charge in [-0.15, -0.1) is 0 Å². The van der Waals surface area contributed by atoms with E-state index in [1.165, 1.54) is 10.8 Å². The molecule has 0 aliphatic heterocycles. The molecule has 88 valence electrons. The molecule has 6 nitrogen and oxygen atoms in total. The van der Waals surface area contributed by atoms with Crippen molar-refractivity contribution in [3.8, 4) is 0 Å². The molecule has 0 amide bonds. The Bertz CT molecular complexity index is 395. The summed E-state index contributed by atoms with van der Waals surface area (Å²) in [6, 6.07) is 0. The van der Waals surface area contributed by atoms with E-state index in [4.69, 9.17) is 5.11 Å². The van der Waals surface area contributed by atoms with Crippen LogP contribution in [0.15, 0.2) is 12.4 Å². The van der Waals surface area contributed by atoms with Crippen molar-refractivity contribution in [2.75, 3.05) is 0 Å². The molecule has 0 aromatic carbocycles. The van der Waals surface area contributed by atoms with Crippen LogP contribution >= 0.6 is 0 Å². The summed E-state index contributed by atoms with van der Waals surface area (Å²) in [5.74, 6) is -3.24. The van der Waals surface area contributed by atoms with Gasteiger partial charge in [0.25, 0.3) is 0 Å². The SMILES string of the molecule is CC.Cn1ccnc1C(=O)CC(=O)C(=O)O. The van der Waals surface area contributed by atoms with Crippen molar-refractivity contribution in [3.63, 3.8) is 0 Å². The van der Waals surface area contributed by atoms with Gasteiger partial charge in [-0.25, -0.2) is 9.78 Å². The van der Waals surface area contributed by atoms with Crippen LogP contribution in [0.3, 0.4) is 0 Å². The number of hydrogen-bond acceptors (Lipinski definition) is 4. The zero-order chi connectivity index (χ0) is 12.7. The van der Waals surface area contributed by atoms with Gasteiger partial charge in [-0.3, -0.25) is 9.59 Å². The van der Waals surface area contributed by atoms with Gasteiger partial charge in [-0.1, -0.05) is 13.8 Å². The molecule has 0 aliphatic carbocycles. The second-order valence-corrected chi connectivity index (χ2v) is 2.69. The monoisotopic (exact) mass is 226 g/mol. The van der Waals surface area contributed by atoms with Gasteiger partial charge in [0.1, 0.15) is 0 Å². The zero-order valence-corrected chi connectivity index (χ0v) is 9.43. The molecule has 1 rings (SSSR count). The molecule has 0 saturated heterocycles. The molecule has 0 radical (unpaired) electrons. The van der Waals surface area contributed by atoms with E-state index >= 15 is 0 Å². The summed E-state index contributed by atoms with van der Waals surface area (Å²) in [5, 5.41) is 8.27. The second-order valence-electron chi connectivity index (χ2n) is 2.69. The summed E-state index contributed by atoms with van der Waals surface area (Å²) in [6.45, 7) is 4.00. The van der Waals surface area contributed by atoms with Gasteiger partial charge in [0.2, 0.25) is 11.6 Å². The smallest absolute Gasteiger partial charge is 0.372 e. The van der Waals surface area contributed by atoms with E-state index in [-0.39, 0.29) is 5.82 Å². The molecule has 0 spiro atoms. The Balaban J connectivity index is 0.00000106. The van der Waals surface area contributed by atoms with Gasteiger partial charge < -0.3 is 9.67 Å². The lowest BCUT2D eigenvalue weighted by Gasteiger charge is -1.97. The minimum atomic E-state index is -1.60. The molecule has 16 heavy (non-hydrogen) atoms. The number of aromatic nitrogens is 2. The largest absolute Gasteiger partial charge is 0.475 e. The first kappa shape index (κ1) is 14.0. The predicted molar refractivity (Wildman–Crippen MR) is 56.1 cm³/mol. The summed E-state index contributed by atoms with van der Waals surface area (Å²) in [4.78, 5) is 35.8. The fourth-order valence-corrected chi connectivity index (χ4v) is 0.935. The highest BCUT2D eigenvalue weighted by Gasteiger charge is 2.20. The van der Waals surface area contributed by atoms with Crippen LogP contribution < -0.4 is 0 Å². The Morgan fingerprint density at radius 1 is 1.38 bits per heavy atom. The van der Waals surface area contributed by atoms with Gasteiger partial charge in [0.05, 0.1) is 6.42 Å². The third kappa shape index (κ3) is 3.64. The Labute approximate surface area is 92.9 Å². The minimum Gasteiger partial charge on any atom is -0.475 e. The molecular formula is C10H14N2O4. The lowest BCUT2D eigenvalue weighted by Crippen LogP contribution is -2.19. The summed E-state index contributed by atoms with van der Waals surface area (Å²) in [6.07, 6.45) is 2.29.